The molecule has 1 aliphatic rings. The smallest absolute Gasteiger partial charge is 0.169 e. The van der Waals surface area contributed by atoms with Crippen molar-refractivity contribution in [1.29, 1.82) is 0 Å². The molecule has 5 heteroatoms. The second-order valence-corrected chi connectivity index (χ2v) is 8.10. The molecule has 0 radical (unpaired) electrons. The maximum Gasteiger partial charge on any atom is 0.169 e. The van der Waals surface area contributed by atoms with Crippen molar-refractivity contribution < 1.29 is 9.84 Å². The molecule has 1 saturated carbocycles. The lowest BCUT2D eigenvalue weighted by Gasteiger charge is -2.36. The highest BCUT2D eigenvalue weighted by molar-refractivity contribution is 7.80. The van der Waals surface area contributed by atoms with Gasteiger partial charge in [0.2, 0.25) is 0 Å². The molecule has 4 nitrogen and oxygen atoms in total. The summed E-state index contributed by atoms with van der Waals surface area (Å²) in [5.74, 6) is 0.703. The number of hydrogen-bond acceptors (Lipinski definition) is 3. The van der Waals surface area contributed by atoms with Gasteiger partial charge in [0.05, 0.1) is 7.11 Å². The van der Waals surface area contributed by atoms with E-state index in [1.54, 1.807) is 13.2 Å². The van der Waals surface area contributed by atoms with Crippen LogP contribution in [-0.4, -0.2) is 41.4 Å². The van der Waals surface area contributed by atoms with Gasteiger partial charge in [0.1, 0.15) is 0 Å². The Kier molecular flexibility index (Phi) is 8.17. The number of hydrogen-bond donors (Lipinski definition) is 2. The first kappa shape index (κ1) is 21.4. The molecule has 0 spiro atoms. The van der Waals surface area contributed by atoms with Gasteiger partial charge in [-0.05, 0) is 61.2 Å². The number of nitrogens with one attached hydrogen (secondary N) is 1. The number of phenols is 1. The largest absolute Gasteiger partial charge is 0.504 e. The fourth-order valence-corrected chi connectivity index (χ4v) is 4.37. The Morgan fingerprint density at radius 3 is 2.55 bits per heavy atom. The standard InChI is InChI=1S/C24H32N2O2S/c1-28-23-18-20(12-13-22(23)27)15-17-26(21-10-6-3-7-11-21)24(29)25-16-14-19-8-4-2-5-9-19/h2,4-5,8-9,12-13,18,21,27H,3,6-7,10-11,14-17H2,1H3,(H,25,29). The van der Waals surface area contributed by atoms with Gasteiger partial charge in [-0.25, -0.2) is 0 Å². The van der Waals surface area contributed by atoms with Crippen LogP contribution in [0.2, 0.25) is 0 Å². The molecule has 0 atom stereocenters. The molecule has 2 aromatic rings. The van der Waals surface area contributed by atoms with Crippen molar-refractivity contribution in [3.05, 3.63) is 59.7 Å². The summed E-state index contributed by atoms with van der Waals surface area (Å²) < 4.78 is 5.25. The molecule has 0 unspecified atom stereocenters. The van der Waals surface area contributed by atoms with Crippen molar-refractivity contribution in [3.63, 3.8) is 0 Å². The monoisotopic (exact) mass is 412 g/mol. The fourth-order valence-electron chi connectivity index (χ4n) is 4.03. The molecule has 1 aliphatic carbocycles. The first-order valence-electron chi connectivity index (χ1n) is 10.6. The fraction of sp³-hybridized carbons (Fsp3) is 0.458. The second-order valence-electron chi connectivity index (χ2n) is 7.71. The summed E-state index contributed by atoms with van der Waals surface area (Å²) >= 11 is 5.81. The van der Waals surface area contributed by atoms with E-state index < -0.39 is 0 Å². The minimum Gasteiger partial charge on any atom is -0.504 e. The third kappa shape index (κ3) is 6.36. The number of thiocarbonyl (C=S) groups is 1. The van der Waals surface area contributed by atoms with E-state index in [1.165, 1.54) is 37.7 Å². The Hall–Kier alpha value is -2.27. The summed E-state index contributed by atoms with van der Waals surface area (Å²) in [6.07, 6.45) is 8.14. The molecule has 0 saturated heterocycles. The van der Waals surface area contributed by atoms with Crippen LogP contribution in [0, 0.1) is 0 Å². The number of aromatic hydroxyl groups is 1. The van der Waals surface area contributed by atoms with E-state index in [-0.39, 0.29) is 5.75 Å². The maximum atomic E-state index is 9.83. The summed E-state index contributed by atoms with van der Waals surface area (Å²) in [5.41, 5.74) is 2.47. The summed E-state index contributed by atoms with van der Waals surface area (Å²) in [6.45, 7) is 1.72. The Bertz CT molecular complexity index is 776. The van der Waals surface area contributed by atoms with Crippen molar-refractivity contribution in [2.45, 2.75) is 51.0 Å². The topological polar surface area (TPSA) is 44.7 Å². The van der Waals surface area contributed by atoms with Gasteiger partial charge < -0.3 is 20.1 Å². The zero-order valence-corrected chi connectivity index (χ0v) is 18.1. The van der Waals surface area contributed by atoms with Gasteiger partial charge in [-0.2, -0.15) is 0 Å². The quantitative estimate of drug-likeness (QED) is 0.616. The molecule has 0 heterocycles. The Morgan fingerprint density at radius 1 is 1.07 bits per heavy atom. The van der Waals surface area contributed by atoms with E-state index in [0.717, 1.165) is 36.6 Å². The van der Waals surface area contributed by atoms with Crippen LogP contribution < -0.4 is 10.1 Å². The molecular formula is C24H32N2O2S. The lowest BCUT2D eigenvalue weighted by Crippen LogP contribution is -2.48. The predicted molar refractivity (Wildman–Crippen MR) is 123 cm³/mol. The first-order valence-corrected chi connectivity index (χ1v) is 11.0. The van der Waals surface area contributed by atoms with Gasteiger partial charge in [-0.1, -0.05) is 55.7 Å². The summed E-state index contributed by atoms with van der Waals surface area (Å²) in [5, 5.41) is 14.2. The molecule has 1 fully saturated rings. The highest BCUT2D eigenvalue weighted by Gasteiger charge is 2.23. The predicted octanol–water partition coefficient (Wildman–Crippen LogP) is 4.70. The third-order valence-corrected chi connectivity index (χ3v) is 6.07. The SMILES string of the molecule is COc1cc(CCN(C(=S)NCCc2ccccc2)C2CCCCC2)ccc1O. The van der Waals surface area contributed by atoms with E-state index in [4.69, 9.17) is 17.0 Å². The average molecular weight is 413 g/mol. The minimum absolute atomic E-state index is 0.179. The summed E-state index contributed by atoms with van der Waals surface area (Å²) in [7, 11) is 1.58. The second kappa shape index (κ2) is 11.1. The average Bonchev–Trinajstić information content (AvgIpc) is 2.76. The molecule has 2 N–H and O–H groups in total. The van der Waals surface area contributed by atoms with Crippen molar-refractivity contribution in [1.82, 2.24) is 10.2 Å². The Morgan fingerprint density at radius 2 is 1.83 bits per heavy atom. The van der Waals surface area contributed by atoms with Gasteiger partial charge >= 0.3 is 0 Å². The van der Waals surface area contributed by atoms with Gasteiger partial charge in [0.15, 0.2) is 16.6 Å². The number of benzene rings is 2. The van der Waals surface area contributed by atoms with Crippen molar-refractivity contribution in [2.75, 3.05) is 20.2 Å². The molecule has 0 amide bonds. The molecular weight excluding hydrogens is 380 g/mol. The van der Waals surface area contributed by atoms with Crippen LogP contribution in [0.1, 0.15) is 43.2 Å². The number of rotatable bonds is 8. The first-order chi connectivity index (χ1) is 14.2. The third-order valence-electron chi connectivity index (χ3n) is 5.69. The van der Waals surface area contributed by atoms with Crippen molar-refractivity contribution in [2.24, 2.45) is 0 Å². The van der Waals surface area contributed by atoms with E-state index in [1.807, 2.05) is 18.2 Å². The number of phenolic OH excluding ortho intramolecular Hbond substituents is 1. The molecule has 0 aromatic heterocycles. The van der Waals surface area contributed by atoms with Crippen LogP contribution in [0.3, 0.4) is 0 Å². The van der Waals surface area contributed by atoms with Gasteiger partial charge in [-0.15, -0.1) is 0 Å². The summed E-state index contributed by atoms with van der Waals surface area (Å²) in [6, 6.07) is 16.6. The summed E-state index contributed by atoms with van der Waals surface area (Å²) in [4.78, 5) is 2.39. The minimum atomic E-state index is 0.179. The molecule has 0 bridgehead atoms. The highest BCUT2D eigenvalue weighted by atomic mass is 32.1. The highest BCUT2D eigenvalue weighted by Crippen LogP contribution is 2.27. The van der Waals surface area contributed by atoms with E-state index >= 15 is 0 Å². The van der Waals surface area contributed by atoms with Crippen LogP contribution in [0.5, 0.6) is 11.5 Å². The van der Waals surface area contributed by atoms with Crippen LogP contribution >= 0.6 is 12.2 Å². The molecule has 156 valence electrons. The lowest BCUT2D eigenvalue weighted by molar-refractivity contribution is 0.243. The normalized spacial score (nSPS) is 14.4. The molecule has 3 rings (SSSR count). The number of methoxy groups -OCH3 is 1. The van der Waals surface area contributed by atoms with Gasteiger partial charge in [0.25, 0.3) is 0 Å². The zero-order chi connectivity index (χ0) is 20.5. The lowest BCUT2D eigenvalue weighted by atomic mass is 9.94. The van der Waals surface area contributed by atoms with E-state index in [9.17, 15) is 5.11 Å². The van der Waals surface area contributed by atoms with Crippen LogP contribution in [0.25, 0.3) is 0 Å². The van der Waals surface area contributed by atoms with E-state index in [0.29, 0.717) is 11.8 Å². The molecule has 0 aliphatic heterocycles. The van der Waals surface area contributed by atoms with E-state index in [2.05, 4.69) is 34.5 Å². The number of ether oxygens (including phenoxy) is 1. The van der Waals surface area contributed by atoms with Gasteiger partial charge in [0, 0.05) is 19.1 Å². The van der Waals surface area contributed by atoms with Gasteiger partial charge in [-0.3, -0.25) is 0 Å². The zero-order valence-electron chi connectivity index (χ0n) is 17.3. The number of nitrogens with zero attached hydrogens (tertiary/aromatic N) is 1. The Labute approximate surface area is 179 Å². The van der Waals surface area contributed by atoms with Crippen LogP contribution in [-0.2, 0) is 12.8 Å². The molecule has 2 aromatic carbocycles. The van der Waals surface area contributed by atoms with Crippen LogP contribution in [0.15, 0.2) is 48.5 Å². The molecule has 29 heavy (non-hydrogen) atoms. The van der Waals surface area contributed by atoms with Crippen LogP contribution in [0.4, 0.5) is 0 Å². The van der Waals surface area contributed by atoms with Crippen molar-refractivity contribution in [3.8, 4) is 11.5 Å². The Balaban J connectivity index is 1.60. The van der Waals surface area contributed by atoms with Crippen molar-refractivity contribution >= 4 is 17.3 Å². The maximum absolute atomic E-state index is 9.83.